The molecular weight excluding hydrogens is 246 g/mol. The quantitative estimate of drug-likeness (QED) is 0.763. The largest absolute Gasteiger partial charge is 0.396 e. The number of carbonyl (C=O) groups excluding carboxylic acids is 2. The first kappa shape index (κ1) is 15.0. The highest BCUT2D eigenvalue weighted by atomic mass is 16.2. The number of hydrogen-bond acceptors (Lipinski definition) is 4. The molecule has 0 spiro atoms. The van der Waals surface area contributed by atoms with Gasteiger partial charge in [-0.25, -0.2) is 0 Å². The summed E-state index contributed by atoms with van der Waals surface area (Å²) in [5.41, 5.74) is 6.30. The van der Waals surface area contributed by atoms with Gasteiger partial charge in [0.2, 0.25) is 5.91 Å². The lowest BCUT2D eigenvalue weighted by molar-refractivity contribution is -0.121. The number of nitrogens with zero attached hydrogens (tertiary/aromatic N) is 3. The molecule has 0 radical (unpaired) electrons. The summed E-state index contributed by atoms with van der Waals surface area (Å²) in [5, 5.41) is 6.78. The zero-order valence-electron chi connectivity index (χ0n) is 11.6. The molecule has 0 aliphatic heterocycles. The summed E-state index contributed by atoms with van der Waals surface area (Å²) >= 11 is 0. The first-order chi connectivity index (χ1) is 9.03. The maximum absolute atomic E-state index is 12.3. The van der Waals surface area contributed by atoms with Crippen LogP contribution in [0.4, 0.5) is 5.69 Å². The Morgan fingerprint density at radius 2 is 2.11 bits per heavy atom. The van der Waals surface area contributed by atoms with Gasteiger partial charge in [-0.3, -0.25) is 14.3 Å². The van der Waals surface area contributed by atoms with E-state index in [1.54, 1.807) is 10.9 Å². The molecule has 0 saturated carbocycles. The zero-order valence-corrected chi connectivity index (χ0v) is 11.6. The number of anilines is 1. The second-order valence-corrected chi connectivity index (χ2v) is 4.06. The van der Waals surface area contributed by atoms with Crippen molar-refractivity contribution in [2.45, 2.75) is 27.3 Å². The number of aryl methyl sites for hydroxylation is 1. The summed E-state index contributed by atoms with van der Waals surface area (Å²) in [6.07, 6.45) is 1.62. The van der Waals surface area contributed by atoms with Crippen LogP contribution in [-0.2, 0) is 11.3 Å². The van der Waals surface area contributed by atoms with Crippen LogP contribution in [0, 0.1) is 0 Å². The van der Waals surface area contributed by atoms with Gasteiger partial charge in [0.05, 0.1) is 12.2 Å². The number of nitrogen functional groups attached to an aromatic ring is 1. The number of rotatable bonds is 6. The number of likely N-dealkylation sites (N-methyl/N-ethyl adjacent to an activating group) is 2. The van der Waals surface area contributed by atoms with E-state index in [1.165, 1.54) is 4.90 Å². The van der Waals surface area contributed by atoms with Crippen molar-refractivity contribution < 1.29 is 9.59 Å². The maximum atomic E-state index is 12.3. The molecule has 0 aliphatic rings. The monoisotopic (exact) mass is 267 g/mol. The number of carbonyl (C=O) groups is 2. The van der Waals surface area contributed by atoms with E-state index in [4.69, 9.17) is 5.73 Å². The molecule has 0 aliphatic carbocycles. The highest BCUT2D eigenvalue weighted by molar-refractivity contribution is 5.98. The van der Waals surface area contributed by atoms with Crippen molar-refractivity contribution in [1.29, 1.82) is 0 Å². The highest BCUT2D eigenvalue weighted by Gasteiger charge is 2.22. The van der Waals surface area contributed by atoms with E-state index < -0.39 is 0 Å². The van der Waals surface area contributed by atoms with Crippen molar-refractivity contribution in [2.24, 2.45) is 0 Å². The summed E-state index contributed by atoms with van der Waals surface area (Å²) < 4.78 is 1.60. The van der Waals surface area contributed by atoms with Gasteiger partial charge in [0, 0.05) is 25.8 Å². The summed E-state index contributed by atoms with van der Waals surface area (Å²) in [5.74, 6) is -0.510. The van der Waals surface area contributed by atoms with Gasteiger partial charge < -0.3 is 16.0 Å². The van der Waals surface area contributed by atoms with Gasteiger partial charge in [-0.2, -0.15) is 5.10 Å². The molecular formula is C12H21N5O2. The van der Waals surface area contributed by atoms with E-state index in [-0.39, 0.29) is 24.1 Å². The van der Waals surface area contributed by atoms with Gasteiger partial charge in [-0.1, -0.05) is 0 Å². The molecule has 0 saturated heterocycles. The lowest BCUT2D eigenvalue weighted by atomic mass is 10.3. The van der Waals surface area contributed by atoms with Crippen LogP contribution in [-0.4, -0.2) is 46.1 Å². The van der Waals surface area contributed by atoms with E-state index in [2.05, 4.69) is 10.4 Å². The van der Waals surface area contributed by atoms with Crippen LogP contribution in [0.5, 0.6) is 0 Å². The third-order valence-electron chi connectivity index (χ3n) is 2.69. The van der Waals surface area contributed by atoms with Gasteiger partial charge in [-0.15, -0.1) is 0 Å². The summed E-state index contributed by atoms with van der Waals surface area (Å²) in [7, 11) is 0. The van der Waals surface area contributed by atoms with E-state index >= 15 is 0 Å². The molecule has 0 unspecified atom stereocenters. The lowest BCUT2D eigenvalue weighted by Crippen LogP contribution is -2.40. The van der Waals surface area contributed by atoms with Gasteiger partial charge in [0.15, 0.2) is 5.69 Å². The molecule has 0 fully saturated rings. The Morgan fingerprint density at radius 1 is 1.42 bits per heavy atom. The molecule has 7 heteroatoms. The summed E-state index contributed by atoms with van der Waals surface area (Å²) in [6, 6.07) is 0. The molecule has 1 aromatic rings. The lowest BCUT2D eigenvalue weighted by Gasteiger charge is -2.19. The second-order valence-electron chi connectivity index (χ2n) is 4.06. The van der Waals surface area contributed by atoms with E-state index in [9.17, 15) is 9.59 Å². The predicted molar refractivity (Wildman–Crippen MR) is 72.6 cm³/mol. The SMILES string of the molecule is CCNC(=O)CN(CC)C(=O)c1nn(CC)cc1N. The van der Waals surface area contributed by atoms with Crippen molar-refractivity contribution in [3.05, 3.63) is 11.9 Å². The average molecular weight is 267 g/mol. The van der Waals surface area contributed by atoms with Crippen LogP contribution in [0.15, 0.2) is 6.20 Å². The van der Waals surface area contributed by atoms with E-state index in [0.29, 0.717) is 25.3 Å². The number of aromatic nitrogens is 2. The third-order valence-corrected chi connectivity index (χ3v) is 2.69. The fourth-order valence-electron chi connectivity index (χ4n) is 1.67. The van der Waals surface area contributed by atoms with Crippen molar-refractivity contribution in [2.75, 3.05) is 25.4 Å². The van der Waals surface area contributed by atoms with Gasteiger partial charge in [0.25, 0.3) is 5.91 Å². The van der Waals surface area contributed by atoms with Crippen molar-refractivity contribution in [3.8, 4) is 0 Å². The minimum atomic E-state index is -0.321. The molecule has 1 aromatic heterocycles. The molecule has 7 nitrogen and oxygen atoms in total. The van der Waals surface area contributed by atoms with Crippen LogP contribution in [0.1, 0.15) is 31.3 Å². The molecule has 106 valence electrons. The minimum absolute atomic E-state index is 0.0155. The zero-order chi connectivity index (χ0) is 14.4. The van der Waals surface area contributed by atoms with Crippen LogP contribution in [0.3, 0.4) is 0 Å². The highest BCUT2D eigenvalue weighted by Crippen LogP contribution is 2.12. The van der Waals surface area contributed by atoms with Crippen molar-refractivity contribution in [3.63, 3.8) is 0 Å². The fourth-order valence-corrected chi connectivity index (χ4v) is 1.67. The Balaban J connectivity index is 2.82. The molecule has 3 N–H and O–H groups in total. The predicted octanol–water partition coefficient (Wildman–Crippen LogP) is 0.0834. The Kier molecular flexibility index (Phi) is 5.35. The summed E-state index contributed by atoms with van der Waals surface area (Å²) in [6.45, 7) is 7.17. The third kappa shape index (κ3) is 3.70. The first-order valence-electron chi connectivity index (χ1n) is 6.42. The number of nitrogens with one attached hydrogen (secondary N) is 1. The molecule has 2 amide bonds. The molecule has 1 heterocycles. The Labute approximate surface area is 112 Å². The summed E-state index contributed by atoms with van der Waals surface area (Å²) in [4.78, 5) is 25.2. The Bertz CT molecular complexity index is 455. The minimum Gasteiger partial charge on any atom is -0.396 e. The van der Waals surface area contributed by atoms with Crippen LogP contribution in [0.2, 0.25) is 0 Å². The molecule has 19 heavy (non-hydrogen) atoms. The molecule has 0 aromatic carbocycles. The topological polar surface area (TPSA) is 93.2 Å². The number of amides is 2. The number of hydrogen-bond donors (Lipinski definition) is 2. The van der Waals surface area contributed by atoms with Gasteiger partial charge in [-0.05, 0) is 20.8 Å². The van der Waals surface area contributed by atoms with E-state index in [0.717, 1.165) is 0 Å². The van der Waals surface area contributed by atoms with Crippen molar-refractivity contribution in [1.82, 2.24) is 20.0 Å². The smallest absolute Gasteiger partial charge is 0.276 e. The Morgan fingerprint density at radius 3 is 2.58 bits per heavy atom. The van der Waals surface area contributed by atoms with Crippen LogP contribution >= 0.6 is 0 Å². The van der Waals surface area contributed by atoms with Gasteiger partial charge >= 0.3 is 0 Å². The van der Waals surface area contributed by atoms with E-state index in [1.807, 2.05) is 20.8 Å². The van der Waals surface area contributed by atoms with Gasteiger partial charge in [0.1, 0.15) is 0 Å². The first-order valence-corrected chi connectivity index (χ1v) is 6.42. The normalized spacial score (nSPS) is 10.3. The van der Waals surface area contributed by atoms with Crippen LogP contribution < -0.4 is 11.1 Å². The second kappa shape index (κ2) is 6.77. The standard InChI is InChI=1S/C12H21N5O2/c1-4-14-10(18)8-16(5-2)12(19)11-9(13)7-17(6-3)15-11/h7H,4-6,8,13H2,1-3H3,(H,14,18). The number of nitrogens with two attached hydrogens (primary N) is 1. The molecule has 0 bridgehead atoms. The average Bonchev–Trinajstić information content (AvgIpc) is 2.77. The maximum Gasteiger partial charge on any atom is 0.276 e. The molecule has 0 atom stereocenters. The van der Waals surface area contributed by atoms with Crippen LogP contribution in [0.25, 0.3) is 0 Å². The fraction of sp³-hybridized carbons (Fsp3) is 0.583. The molecule has 1 rings (SSSR count). The Hall–Kier alpha value is -2.05. The van der Waals surface area contributed by atoms with Crippen molar-refractivity contribution >= 4 is 17.5 Å².